The third-order valence-electron chi connectivity index (χ3n) is 2.60. The Bertz CT molecular complexity index is 373. The molecule has 0 spiro atoms. The molecule has 0 radical (unpaired) electrons. The summed E-state index contributed by atoms with van der Waals surface area (Å²) in [6.07, 6.45) is 2.73. The summed E-state index contributed by atoms with van der Waals surface area (Å²) in [5, 5.41) is 15.7. The fourth-order valence-corrected chi connectivity index (χ4v) is 1.69. The number of rotatable bonds is 7. The van der Waals surface area contributed by atoms with Crippen LogP contribution < -0.4 is 10.6 Å². The van der Waals surface area contributed by atoms with Gasteiger partial charge in [-0.1, -0.05) is 20.8 Å². The molecule has 1 rings (SSSR count). The van der Waals surface area contributed by atoms with Crippen molar-refractivity contribution >= 4 is 27.7 Å². The van der Waals surface area contributed by atoms with Crippen molar-refractivity contribution in [1.29, 1.82) is 0 Å². The normalized spacial score (nSPS) is 12.6. The minimum absolute atomic E-state index is 0.0183. The van der Waals surface area contributed by atoms with Gasteiger partial charge in [0.15, 0.2) is 0 Å². The molecular formula is C12H21BrN4O. The number of nitrogens with one attached hydrogen (secondary N) is 2. The predicted octanol–water partition coefficient (Wildman–Crippen LogP) is 2.49. The van der Waals surface area contributed by atoms with Gasteiger partial charge in [0, 0.05) is 12.7 Å². The Morgan fingerprint density at radius 1 is 1.44 bits per heavy atom. The summed E-state index contributed by atoms with van der Waals surface area (Å²) in [7, 11) is 0. The van der Waals surface area contributed by atoms with E-state index in [2.05, 4.69) is 57.3 Å². The van der Waals surface area contributed by atoms with Gasteiger partial charge in [-0.3, -0.25) is 0 Å². The van der Waals surface area contributed by atoms with E-state index in [4.69, 9.17) is 0 Å². The van der Waals surface area contributed by atoms with Crippen LogP contribution in [0.25, 0.3) is 0 Å². The standard InChI is InChI=1S/C12H21BrN4O/c1-4-5-14-12-15-6-9(13)11(17-12)16-10(7-18)8(2)3/h6,8,10,18H,4-5,7H2,1-3H3,(H2,14,15,16,17). The lowest BCUT2D eigenvalue weighted by molar-refractivity contribution is 0.249. The Morgan fingerprint density at radius 3 is 2.72 bits per heavy atom. The molecule has 0 saturated carbocycles. The number of halogens is 1. The first-order valence-corrected chi connectivity index (χ1v) is 7.01. The Morgan fingerprint density at radius 2 is 2.17 bits per heavy atom. The van der Waals surface area contributed by atoms with E-state index in [1.165, 1.54) is 0 Å². The van der Waals surface area contributed by atoms with Gasteiger partial charge in [-0.25, -0.2) is 4.98 Å². The molecule has 0 aromatic carbocycles. The van der Waals surface area contributed by atoms with Gasteiger partial charge in [0.2, 0.25) is 5.95 Å². The van der Waals surface area contributed by atoms with E-state index in [-0.39, 0.29) is 12.6 Å². The van der Waals surface area contributed by atoms with Crippen molar-refractivity contribution in [2.75, 3.05) is 23.8 Å². The summed E-state index contributed by atoms with van der Waals surface area (Å²) in [6.45, 7) is 7.12. The number of aliphatic hydroxyl groups excluding tert-OH is 1. The van der Waals surface area contributed by atoms with E-state index in [1.54, 1.807) is 6.20 Å². The molecular weight excluding hydrogens is 296 g/mol. The van der Waals surface area contributed by atoms with E-state index in [0.717, 1.165) is 17.4 Å². The van der Waals surface area contributed by atoms with Crippen molar-refractivity contribution in [3.05, 3.63) is 10.7 Å². The molecule has 0 fully saturated rings. The summed E-state index contributed by atoms with van der Waals surface area (Å²) in [5.41, 5.74) is 0. The fraction of sp³-hybridized carbons (Fsp3) is 0.667. The molecule has 0 aliphatic carbocycles. The van der Waals surface area contributed by atoms with Gasteiger partial charge in [-0.2, -0.15) is 4.98 Å². The molecule has 18 heavy (non-hydrogen) atoms. The summed E-state index contributed by atoms with van der Waals surface area (Å²) in [4.78, 5) is 8.57. The number of hydrogen-bond donors (Lipinski definition) is 3. The Kier molecular flexibility index (Phi) is 6.35. The van der Waals surface area contributed by atoms with E-state index in [0.29, 0.717) is 17.7 Å². The van der Waals surface area contributed by atoms with Crippen molar-refractivity contribution in [3.63, 3.8) is 0 Å². The molecule has 1 heterocycles. The zero-order valence-corrected chi connectivity index (χ0v) is 12.7. The highest BCUT2D eigenvalue weighted by molar-refractivity contribution is 9.10. The highest BCUT2D eigenvalue weighted by atomic mass is 79.9. The van der Waals surface area contributed by atoms with E-state index in [9.17, 15) is 5.11 Å². The highest BCUT2D eigenvalue weighted by Crippen LogP contribution is 2.22. The van der Waals surface area contributed by atoms with Crippen LogP contribution in [-0.4, -0.2) is 34.3 Å². The van der Waals surface area contributed by atoms with Crippen molar-refractivity contribution in [2.45, 2.75) is 33.2 Å². The van der Waals surface area contributed by atoms with Gasteiger partial charge < -0.3 is 15.7 Å². The Labute approximate surface area is 117 Å². The summed E-state index contributed by atoms with van der Waals surface area (Å²) < 4.78 is 0.795. The predicted molar refractivity (Wildman–Crippen MR) is 77.8 cm³/mol. The van der Waals surface area contributed by atoms with Crippen LogP contribution in [0.5, 0.6) is 0 Å². The fourth-order valence-electron chi connectivity index (χ4n) is 1.39. The maximum atomic E-state index is 9.32. The molecule has 3 N–H and O–H groups in total. The van der Waals surface area contributed by atoms with E-state index < -0.39 is 0 Å². The molecule has 6 heteroatoms. The molecule has 0 amide bonds. The third-order valence-corrected chi connectivity index (χ3v) is 3.18. The molecule has 0 bridgehead atoms. The van der Waals surface area contributed by atoms with Gasteiger partial charge in [0.25, 0.3) is 0 Å². The van der Waals surface area contributed by atoms with Crippen LogP contribution in [0.15, 0.2) is 10.7 Å². The Hall–Kier alpha value is -0.880. The zero-order chi connectivity index (χ0) is 13.5. The molecule has 0 aliphatic heterocycles. The maximum Gasteiger partial charge on any atom is 0.224 e. The van der Waals surface area contributed by atoms with Crippen molar-refractivity contribution in [1.82, 2.24) is 9.97 Å². The lowest BCUT2D eigenvalue weighted by atomic mass is 10.1. The molecule has 0 saturated heterocycles. The van der Waals surface area contributed by atoms with Crippen molar-refractivity contribution in [2.24, 2.45) is 5.92 Å². The second-order valence-electron chi connectivity index (χ2n) is 4.49. The van der Waals surface area contributed by atoms with Crippen LogP contribution in [-0.2, 0) is 0 Å². The topological polar surface area (TPSA) is 70.1 Å². The van der Waals surface area contributed by atoms with E-state index in [1.807, 2.05) is 0 Å². The van der Waals surface area contributed by atoms with Crippen molar-refractivity contribution in [3.8, 4) is 0 Å². The quantitative estimate of drug-likeness (QED) is 0.721. The van der Waals surface area contributed by atoms with Gasteiger partial charge in [0.1, 0.15) is 5.82 Å². The van der Waals surface area contributed by atoms with E-state index >= 15 is 0 Å². The van der Waals surface area contributed by atoms with Crippen LogP contribution in [0.4, 0.5) is 11.8 Å². The second-order valence-corrected chi connectivity index (χ2v) is 5.35. The lowest BCUT2D eigenvalue weighted by Crippen LogP contribution is -2.30. The number of aliphatic hydroxyl groups is 1. The number of hydrogen-bond acceptors (Lipinski definition) is 5. The van der Waals surface area contributed by atoms with Crippen molar-refractivity contribution < 1.29 is 5.11 Å². The summed E-state index contributed by atoms with van der Waals surface area (Å²) in [5.74, 6) is 1.63. The summed E-state index contributed by atoms with van der Waals surface area (Å²) in [6, 6.07) is -0.0183. The summed E-state index contributed by atoms with van der Waals surface area (Å²) >= 11 is 3.41. The number of anilines is 2. The smallest absolute Gasteiger partial charge is 0.224 e. The van der Waals surface area contributed by atoms with Gasteiger partial charge in [0.05, 0.1) is 17.1 Å². The largest absolute Gasteiger partial charge is 0.394 e. The Balaban J connectivity index is 2.79. The molecule has 5 nitrogen and oxygen atoms in total. The first-order chi connectivity index (χ1) is 8.58. The SMILES string of the molecule is CCCNc1ncc(Br)c(NC(CO)C(C)C)n1. The van der Waals surface area contributed by atoms with Crippen LogP contribution >= 0.6 is 15.9 Å². The minimum Gasteiger partial charge on any atom is -0.394 e. The van der Waals surface area contributed by atoms with Crippen LogP contribution in [0, 0.1) is 5.92 Å². The molecule has 1 aromatic heterocycles. The van der Waals surface area contributed by atoms with Gasteiger partial charge in [-0.15, -0.1) is 0 Å². The van der Waals surface area contributed by atoms with Crippen LogP contribution in [0.1, 0.15) is 27.2 Å². The molecule has 1 atom stereocenters. The second kappa shape index (κ2) is 7.53. The molecule has 102 valence electrons. The van der Waals surface area contributed by atoms with Gasteiger partial charge >= 0.3 is 0 Å². The number of aromatic nitrogens is 2. The zero-order valence-electron chi connectivity index (χ0n) is 11.1. The van der Waals surface area contributed by atoms with Crippen LogP contribution in [0.3, 0.4) is 0 Å². The molecule has 1 aromatic rings. The molecule has 1 unspecified atom stereocenters. The first-order valence-electron chi connectivity index (χ1n) is 6.22. The maximum absolute atomic E-state index is 9.32. The number of nitrogens with zero attached hydrogens (tertiary/aromatic N) is 2. The third kappa shape index (κ3) is 4.42. The average Bonchev–Trinajstić information content (AvgIpc) is 2.35. The minimum atomic E-state index is -0.0183. The lowest BCUT2D eigenvalue weighted by Gasteiger charge is -2.21. The average molecular weight is 317 g/mol. The first kappa shape index (κ1) is 15.2. The van der Waals surface area contributed by atoms with Gasteiger partial charge in [-0.05, 0) is 28.3 Å². The van der Waals surface area contributed by atoms with Crippen LogP contribution in [0.2, 0.25) is 0 Å². The highest BCUT2D eigenvalue weighted by Gasteiger charge is 2.14. The monoisotopic (exact) mass is 316 g/mol. The molecule has 0 aliphatic rings.